The Kier molecular flexibility index (Phi) is 7.57. The molecule has 1 aromatic heterocycles. The number of azo groups is 1. The number of allylic oxidation sites excluding steroid dienone is 1. The van der Waals surface area contributed by atoms with E-state index in [1.54, 1.807) is 50.3 Å². The summed E-state index contributed by atoms with van der Waals surface area (Å²) in [6.07, 6.45) is 3.50. The number of carbonyl (C=O) groups excluding carboxylic acids is 2. The van der Waals surface area contributed by atoms with Crippen LogP contribution in [0, 0.1) is 6.92 Å². The molecule has 1 amide bonds. The second kappa shape index (κ2) is 10.6. The van der Waals surface area contributed by atoms with Gasteiger partial charge in [-0.05, 0) is 51.0 Å². The number of aliphatic carboxylic acids is 1. The van der Waals surface area contributed by atoms with Crippen molar-refractivity contribution in [3.8, 4) is 0 Å². The number of nitrogens with zero attached hydrogens (tertiary/aromatic N) is 2. The molecule has 0 spiro atoms. The lowest BCUT2D eigenvalue weighted by atomic mass is 10.0. The molecular formula is C25H26N4O5. The van der Waals surface area contributed by atoms with Gasteiger partial charge in [0.05, 0.1) is 17.9 Å². The van der Waals surface area contributed by atoms with Crippen LogP contribution in [-0.2, 0) is 20.7 Å². The van der Waals surface area contributed by atoms with Crippen molar-refractivity contribution in [2.45, 2.75) is 33.6 Å². The predicted octanol–water partition coefficient (Wildman–Crippen LogP) is 4.91. The molecule has 1 aliphatic rings. The smallest absolute Gasteiger partial charge is 0.340 e. The number of carboxylic acids is 1. The standard InChI is InChI=1S/C25H26N4O5/c1-5-16-15(4)24(32)27-21(16)13-20-14(3)17(11-12-22(30)31)23(26-20)29-28-19-10-8-7-9-18(19)25(33)34-6-2/h5,7-10,13,26H,1,6,11-12H2,2-4H3,(H,27,32)(H,30,31)/b21-13-,29-28?. The van der Waals surface area contributed by atoms with Gasteiger partial charge in [0.25, 0.3) is 5.91 Å². The molecule has 0 saturated heterocycles. The predicted molar refractivity (Wildman–Crippen MR) is 127 cm³/mol. The third kappa shape index (κ3) is 5.20. The monoisotopic (exact) mass is 462 g/mol. The number of nitrogens with one attached hydrogen (secondary N) is 2. The normalized spacial score (nSPS) is 14.7. The molecule has 0 saturated carbocycles. The van der Waals surface area contributed by atoms with Crippen molar-refractivity contribution >= 4 is 35.4 Å². The number of aromatic amines is 1. The minimum absolute atomic E-state index is 0.0930. The fourth-order valence-electron chi connectivity index (χ4n) is 3.58. The molecule has 0 radical (unpaired) electrons. The molecule has 0 aliphatic carbocycles. The number of amides is 1. The highest BCUT2D eigenvalue weighted by Gasteiger charge is 2.23. The zero-order valence-corrected chi connectivity index (χ0v) is 19.3. The highest BCUT2D eigenvalue weighted by molar-refractivity contribution is 6.01. The summed E-state index contributed by atoms with van der Waals surface area (Å²) < 4.78 is 5.08. The van der Waals surface area contributed by atoms with Crippen molar-refractivity contribution in [3.05, 3.63) is 76.1 Å². The number of esters is 1. The Morgan fingerprint density at radius 1 is 1.21 bits per heavy atom. The van der Waals surface area contributed by atoms with E-state index in [0.29, 0.717) is 39.6 Å². The second-order valence-electron chi connectivity index (χ2n) is 7.58. The van der Waals surface area contributed by atoms with E-state index in [9.17, 15) is 19.5 Å². The molecule has 1 aliphatic heterocycles. The van der Waals surface area contributed by atoms with Crippen molar-refractivity contribution in [1.82, 2.24) is 10.3 Å². The van der Waals surface area contributed by atoms with Crippen molar-refractivity contribution in [3.63, 3.8) is 0 Å². The average Bonchev–Trinajstić information content (AvgIpc) is 3.25. The van der Waals surface area contributed by atoms with Crippen LogP contribution in [0.2, 0.25) is 0 Å². The average molecular weight is 463 g/mol. The van der Waals surface area contributed by atoms with Crippen LogP contribution in [0.25, 0.3) is 6.08 Å². The van der Waals surface area contributed by atoms with Crippen molar-refractivity contribution < 1.29 is 24.2 Å². The lowest BCUT2D eigenvalue weighted by Crippen LogP contribution is -2.15. The first-order valence-corrected chi connectivity index (χ1v) is 10.7. The molecule has 1 aromatic carbocycles. The molecule has 2 heterocycles. The van der Waals surface area contributed by atoms with Crippen LogP contribution >= 0.6 is 0 Å². The summed E-state index contributed by atoms with van der Waals surface area (Å²) in [5.74, 6) is -1.28. The molecule has 3 N–H and O–H groups in total. The molecule has 9 nitrogen and oxygen atoms in total. The van der Waals surface area contributed by atoms with E-state index in [1.807, 2.05) is 6.92 Å². The van der Waals surface area contributed by atoms with Crippen LogP contribution < -0.4 is 5.32 Å². The van der Waals surface area contributed by atoms with Gasteiger partial charge in [-0.25, -0.2) is 4.79 Å². The topological polar surface area (TPSA) is 133 Å². The molecule has 3 rings (SSSR count). The molecule has 0 atom stereocenters. The van der Waals surface area contributed by atoms with E-state index in [4.69, 9.17) is 4.74 Å². The second-order valence-corrected chi connectivity index (χ2v) is 7.58. The van der Waals surface area contributed by atoms with Gasteiger partial charge in [-0.15, -0.1) is 10.2 Å². The first kappa shape index (κ1) is 24.4. The number of benzene rings is 1. The van der Waals surface area contributed by atoms with Crippen molar-refractivity contribution in [2.24, 2.45) is 10.2 Å². The molecular weight excluding hydrogens is 436 g/mol. The van der Waals surface area contributed by atoms with Gasteiger partial charge in [-0.3, -0.25) is 9.59 Å². The Hall–Kier alpha value is -4.27. The quantitative estimate of drug-likeness (QED) is 0.360. The Morgan fingerprint density at radius 2 is 1.94 bits per heavy atom. The SMILES string of the molecule is C=CC1=C(C)C(=O)N/C1=C\c1[nH]c(N=Nc2ccccc2C(=O)OCC)c(CCC(=O)O)c1C. The van der Waals surface area contributed by atoms with Gasteiger partial charge in [0.15, 0.2) is 5.82 Å². The lowest BCUT2D eigenvalue weighted by Gasteiger charge is -2.04. The van der Waals surface area contributed by atoms with Crippen LogP contribution in [0.4, 0.5) is 11.5 Å². The van der Waals surface area contributed by atoms with Crippen LogP contribution in [0.1, 0.15) is 47.4 Å². The maximum absolute atomic E-state index is 12.2. The lowest BCUT2D eigenvalue weighted by molar-refractivity contribution is -0.137. The van der Waals surface area contributed by atoms with Gasteiger partial charge in [0.1, 0.15) is 5.69 Å². The number of H-pyrrole nitrogens is 1. The van der Waals surface area contributed by atoms with E-state index in [2.05, 4.69) is 27.1 Å². The fourth-order valence-corrected chi connectivity index (χ4v) is 3.58. The van der Waals surface area contributed by atoms with Crippen molar-refractivity contribution in [2.75, 3.05) is 6.61 Å². The maximum Gasteiger partial charge on any atom is 0.340 e. The maximum atomic E-state index is 12.2. The van der Waals surface area contributed by atoms with Crippen LogP contribution in [0.5, 0.6) is 0 Å². The molecule has 0 fully saturated rings. The minimum Gasteiger partial charge on any atom is -0.481 e. The van der Waals surface area contributed by atoms with E-state index >= 15 is 0 Å². The fraction of sp³-hybridized carbons (Fsp3) is 0.240. The van der Waals surface area contributed by atoms with Gasteiger partial charge in [0.2, 0.25) is 0 Å². The molecule has 0 unspecified atom stereocenters. The number of carboxylic acid groups (broad SMARTS) is 1. The van der Waals surface area contributed by atoms with E-state index < -0.39 is 11.9 Å². The van der Waals surface area contributed by atoms with E-state index in [-0.39, 0.29) is 30.9 Å². The highest BCUT2D eigenvalue weighted by Crippen LogP contribution is 2.32. The summed E-state index contributed by atoms with van der Waals surface area (Å²) in [7, 11) is 0. The van der Waals surface area contributed by atoms with Gasteiger partial charge in [-0.1, -0.05) is 24.8 Å². The largest absolute Gasteiger partial charge is 0.481 e. The number of carbonyl (C=O) groups is 3. The Bertz CT molecular complexity index is 1250. The molecule has 2 aromatic rings. The molecule has 9 heteroatoms. The van der Waals surface area contributed by atoms with E-state index in [1.165, 1.54) is 0 Å². The van der Waals surface area contributed by atoms with Gasteiger partial charge in [-0.2, -0.15) is 0 Å². The number of hydrogen-bond acceptors (Lipinski definition) is 6. The van der Waals surface area contributed by atoms with Crippen molar-refractivity contribution in [1.29, 1.82) is 0 Å². The summed E-state index contributed by atoms with van der Waals surface area (Å²) in [6.45, 7) is 9.28. The number of hydrogen-bond donors (Lipinski definition) is 3. The first-order valence-electron chi connectivity index (χ1n) is 10.7. The highest BCUT2D eigenvalue weighted by atomic mass is 16.5. The third-order valence-corrected chi connectivity index (χ3v) is 5.42. The van der Waals surface area contributed by atoms with Gasteiger partial charge in [0, 0.05) is 28.8 Å². The Morgan fingerprint density at radius 3 is 2.62 bits per heavy atom. The molecule has 34 heavy (non-hydrogen) atoms. The number of ether oxygens (including phenoxy) is 1. The summed E-state index contributed by atoms with van der Waals surface area (Å²) in [4.78, 5) is 38.7. The first-order chi connectivity index (χ1) is 16.3. The van der Waals surface area contributed by atoms with Crippen LogP contribution in [0.3, 0.4) is 0 Å². The zero-order chi connectivity index (χ0) is 24.8. The summed E-state index contributed by atoms with van der Waals surface area (Å²) >= 11 is 0. The number of aromatic nitrogens is 1. The molecule has 176 valence electrons. The minimum atomic E-state index is -0.938. The van der Waals surface area contributed by atoms with Gasteiger partial charge < -0.3 is 20.1 Å². The Balaban J connectivity index is 2.04. The third-order valence-electron chi connectivity index (χ3n) is 5.42. The number of rotatable bonds is 9. The van der Waals surface area contributed by atoms with E-state index in [0.717, 1.165) is 5.56 Å². The molecule has 0 bridgehead atoms. The zero-order valence-electron chi connectivity index (χ0n) is 19.3. The summed E-state index contributed by atoms with van der Waals surface area (Å²) in [5.41, 5.74) is 4.55. The summed E-state index contributed by atoms with van der Waals surface area (Å²) in [5, 5.41) is 20.5. The van der Waals surface area contributed by atoms with Gasteiger partial charge >= 0.3 is 11.9 Å². The summed E-state index contributed by atoms with van der Waals surface area (Å²) in [6, 6.07) is 6.67. The van der Waals surface area contributed by atoms with Crippen LogP contribution in [-0.4, -0.2) is 34.5 Å². The Labute approximate surface area is 196 Å². The van der Waals surface area contributed by atoms with Crippen LogP contribution in [0.15, 0.2) is 64.0 Å².